The lowest BCUT2D eigenvalue weighted by atomic mass is 10.1. The Kier molecular flexibility index (Phi) is 5.48. The van der Waals surface area contributed by atoms with E-state index in [1.54, 1.807) is 0 Å². The molecule has 0 spiro atoms. The molecule has 0 aliphatic rings. The van der Waals surface area contributed by atoms with Crippen LogP contribution in [0, 0.1) is 13.8 Å². The van der Waals surface area contributed by atoms with E-state index < -0.39 is 11.7 Å². The molecule has 1 heterocycles. The van der Waals surface area contributed by atoms with Crippen LogP contribution >= 0.6 is 0 Å². The minimum atomic E-state index is -4.45. The summed E-state index contributed by atoms with van der Waals surface area (Å²) >= 11 is 0. The van der Waals surface area contributed by atoms with Gasteiger partial charge in [-0.05, 0) is 49.2 Å². The summed E-state index contributed by atoms with van der Waals surface area (Å²) in [7, 11) is 0. The van der Waals surface area contributed by atoms with Crippen molar-refractivity contribution >= 4 is 11.6 Å². The van der Waals surface area contributed by atoms with Gasteiger partial charge in [-0.15, -0.1) is 10.2 Å². The molecule has 1 aromatic heterocycles. The number of carbonyl (C=O) groups excluding carboxylic acids is 1. The molecule has 0 saturated carbocycles. The number of anilines is 1. The molecule has 3 rings (SSSR count). The van der Waals surface area contributed by atoms with E-state index in [1.807, 2.05) is 32.0 Å². The number of halogens is 3. The Morgan fingerprint density at radius 1 is 1.11 bits per heavy atom. The van der Waals surface area contributed by atoms with E-state index in [9.17, 15) is 18.0 Å². The molecule has 0 radical (unpaired) electrons. The third-order valence-corrected chi connectivity index (χ3v) is 4.35. The fraction of sp³-hybridized carbons (Fsp3) is 0.250. The number of amides is 1. The predicted octanol–water partition coefficient (Wildman–Crippen LogP) is 4.94. The molecule has 0 saturated heterocycles. The average Bonchev–Trinajstić information content (AvgIpc) is 3.12. The van der Waals surface area contributed by atoms with Crippen molar-refractivity contribution in [3.8, 4) is 11.5 Å². The quantitative estimate of drug-likeness (QED) is 0.671. The highest BCUT2D eigenvalue weighted by Gasteiger charge is 2.30. The molecule has 0 fully saturated rings. The Morgan fingerprint density at radius 2 is 1.86 bits per heavy atom. The van der Waals surface area contributed by atoms with Gasteiger partial charge in [0.15, 0.2) is 0 Å². The zero-order valence-corrected chi connectivity index (χ0v) is 15.3. The van der Waals surface area contributed by atoms with E-state index in [1.165, 1.54) is 12.1 Å². The van der Waals surface area contributed by atoms with Crippen molar-refractivity contribution in [1.29, 1.82) is 0 Å². The van der Waals surface area contributed by atoms with E-state index in [4.69, 9.17) is 4.42 Å². The van der Waals surface area contributed by atoms with Gasteiger partial charge in [0, 0.05) is 24.1 Å². The van der Waals surface area contributed by atoms with Gasteiger partial charge in [-0.1, -0.05) is 18.2 Å². The van der Waals surface area contributed by atoms with Gasteiger partial charge < -0.3 is 9.73 Å². The summed E-state index contributed by atoms with van der Waals surface area (Å²) in [5.74, 6) is -0.0490. The van der Waals surface area contributed by atoms with Crippen LogP contribution in [0.15, 0.2) is 46.9 Å². The molecule has 28 heavy (non-hydrogen) atoms. The molecule has 1 N–H and O–H groups in total. The summed E-state index contributed by atoms with van der Waals surface area (Å²) < 4.78 is 43.9. The molecule has 0 atom stereocenters. The first-order chi connectivity index (χ1) is 13.2. The first kappa shape index (κ1) is 19.6. The summed E-state index contributed by atoms with van der Waals surface area (Å²) in [6, 6.07) is 10.3. The Labute approximate surface area is 159 Å². The monoisotopic (exact) mass is 389 g/mol. The van der Waals surface area contributed by atoms with Crippen LogP contribution in [0.5, 0.6) is 0 Å². The van der Waals surface area contributed by atoms with Crippen LogP contribution in [0.2, 0.25) is 0 Å². The summed E-state index contributed by atoms with van der Waals surface area (Å²) in [4.78, 5) is 12.2. The lowest BCUT2D eigenvalue weighted by molar-refractivity contribution is -0.137. The number of alkyl halides is 3. The van der Waals surface area contributed by atoms with E-state index >= 15 is 0 Å². The zero-order chi connectivity index (χ0) is 20.3. The number of hydrogen-bond donors (Lipinski definition) is 1. The van der Waals surface area contributed by atoms with E-state index in [-0.39, 0.29) is 36.1 Å². The fourth-order valence-electron chi connectivity index (χ4n) is 2.62. The van der Waals surface area contributed by atoms with Crippen LogP contribution < -0.4 is 5.32 Å². The first-order valence-electron chi connectivity index (χ1n) is 8.60. The van der Waals surface area contributed by atoms with E-state index in [0.717, 1.165) is 28.9 Å². The predicted molar refractivity (Wildman–Crippen MR) is 97.6 cm³/mol. The molecule has 0 aliphatic heterocycles. The lowest BCUT2D eigenvalue weighted by Gasteiger charge is -2.09. The number of aromatic nitrogens is 2. The number of carbonyl (C=O) groups is 1. The normalized spacial score (nSPS) is 11.5. The molecule has 8 heteroatoms. The fourth-order valence-corrected chi connectivity index (χ4v) is 2.62. The summed E-state index contributed by atoms with van der Waals surface area (Å²) in [6.07, 6.45) is -4.16. The highest BCUT2D eigenvalue weighted by Crippen LogP contribution is 2.31. The molecule has 146 valence electrons. The molecular weight excluding hydrogens is 371 g/mol. The molecule has 5 nitrogen and oxygen atoms in total. The smallest absolute Gasteiger partial charge is 0.416 e. The Hall–Kier alpha value is -3.16. The molecule has 0 bridgehead atoms. The van der Waals surface area contributed by atoms with Gasteiger partial charge in [0.1, 0.15) is 0 Å². The molecular formula is C20H18F3N3O2. The van der Waals surface area contributed by atoms with Gasteiger partial charge in [-0.25, -0.2) is 0 Å². The summed E-state index contributed by atoms with van der Waals surface area (Å²) in [5, 5.41) is 10.4. The Morgan fingerprint density at radius 3 is 2.61 bits per heavy atom. The lowest BCUT2D eigenvalue weighted by Crippen LogP contribution is -2.13. The maximum Gasteiger partial charge on any atom is 0.416 e. The van der Waals surface area contributed by atoms with E-state index in [0.29, 0.717) is 0 Å². The van der Waals surface area contributed by atoms with Gasteiger partial charge >= 0.3 is 6.18 Å². The molecule has 0 unspecified atom stereocenters. The highest BCUT2D eigenvalue weighted by molar-refractivity contribution is 5.91. The topological polar surface area (TPSA) is 68.0 Å². The van der Waals surface area contributed by atoms with Crippen LogP contribution in [0.25, 0.3) is 11.5 Å². The molecule has 1 amide bonds. The van der Waals surface area contributed by atoms with Crippen LogP contribution in [-0.4, -0.2) is 16.1 Å². The van der Waals surface area contributed by atoms with Crippen molar-refractivity contribution in [2.24, 2.45) is 0 Å². The van der Waals surface area contributed by atoms with Crippen molar-refractivity contribution in [3.05, 3.63) is 65.0 Å². The second kappa shape index (κ2) is 7.84. The number of rotatable bonds is 5. The van der Waals surface area contributed by atoms with Crippen LogP contribution in [0.1, 0.15) is 29.0 Å². The van der Waals surface area contributed by atoms with Gasteiger partial charge in [0.2, 0.25) is 17.7 Å². The molecule has 0 aliphatic carbocycles. The van der Waals surface area contributed by atoms with Crippen molar-refractivity contribution in [1.82, 2.24) is 10.2 Å². The van der Waals surface area contributed by atoms with Crippen molar-refractivity contribution in [3.63, 3.8) is 0 Å². The SMILES string of the molecule is Cc1cccc(NC(=O)CCc2nnc(-c3cccc(C(F)(F)F)c3)o2)c1C. The van der Waals surface area contributed by atoms with Crippen LogP contribution in [-0.2, 0) is 17.4 Å². The molecule has 3 aromatic rings. The standard InChI is InChI=1S/C20H18F3N3O2/c1-12-5-3-8-16(13(12)2)24-17(27)9-10-18-25-26-19(28-18)14-6-4-7-15(11-14)20(21,22)23/h3-8,11H,9-10H2,1-2H3,(H,24,27). The van der Waals surface area contributed by atoms with Crippen molar-refractivity contribution in [2.75, 3.05) is 5.32 Å². The van der Waals surface area contributed by atoms with Crippen molar-refractivity contribution in [2.45, 2.75) is 32.9 Å². The number of benzene rings is 2. The third-order valence-electron chi connectivity index (χ3n) is 4.35. The van der Waals surface area contributed by atoms with Gasteiger partial charge in [-0.2, -0.15) is 13.2 Å². The van der Waals surface area contributed by atoms with Gasteiger partial charge in [-0.3, -0.25) is 4.79 Å². The Balaban J connectivity index is 1.64. The van der Waals surface area contributed by atoms with Gasteiger partial charge in [0.05, 0.1) is 5.56 Å². The molecule has 2 aromatic carbocycles. The van der Waals surface area contributed by atoms with Gasteiger partial charge in [0.25, 0.3) is 0 Å². The second-order valence-corrected chi connectivity index (χ2v) is 6.38. The average molecular weight is 389 g/mol. The minimum Gasteiger partial charge on any atom is -0.421 e. The zero-order valence-electron chi connectivity index (χ0n) is 15.3. The second-order valence-electron chi connectivity index (χ2n) is 6.38. The maximum atomic E-state index is 12.8. The van der Waals surface area contributed by atoms with Crippen molar-refractivity contribution < 1.29 is 22.4 Å². The first-order valence-corrected chi connectivity index (χ1v) is 8.60. The summed E-state index contributed by atoms with van der Waals surface area (Å²) in [6.45, 7) is 3.88. The maximum absolute atomic E-state index is 12.8. The van der Waals surface area contributed by atoms with Crippen LogP contribution in [0.4, 0.5) is 18.9 Å². The number of nitrogens with zero attached hydrogens (tertiary/aromatic N) is 2. The largest absolute Gasteiger partial charge is 0.421 e. The number of nitrogens with one attached hydrogen (secondary N) is 1. The third kappa shape index (κ3) is 4.57. The number of aryl methyl sites for hydroxylation is 2. The Bertz CT molecular complexity index is 996. The summed E-state index contributed by atoms with van der Waals surface area (Å²) in [5.41, 5.74) is 2.17. The van der Waals surface area contributed by atoms with E-state index in [2.05, 4.69) is 15.5 Å². The highest BCUT2D eigenvalue weighted by atomic mass is 19.4. The number of hydrogen-bond acceptors (Lipinski definition) is 4. The minimum absolute atomic E-state index is 0.0176. The van der Waals surface area contributed by atoms with Crippen LogP contribution in [0.3, 0.4) is 0 Å².